The number of hydrogen-bond acceptors (Lipinski definition) is 1. The van der Waals surface area contributed by atoms with Crippen LogP contribution >= 0.6 is 0 Å². The Balaban J connectivity index is 2.44. The summed E-state index contributed by atoms with van der Waals surface area (Å²) in [6.45, 7) is 6.07. The third-order valence-corrected chi connectivity index (χ3v) is 2.35. The van der Waals surface area contributed by atoms with Crippen LogP contribution in [-0.2, 0) is 6.54 Å². The minimum atomic E-state index is 0.796. The fourth-order valence-electron chi connectivity index (χ4n) is 1.31. The van der Waals surface area contributed by atoms with Crippen LogP contribution < -0.4 is 5.32 Å². The van der Waals surface area contributed by atoms with E-state index in [1.54, 1.807) is 0 Å². The van der Waals surface area contributed by atoms with Crippen molar-refractivity contribution in [3.8, 4) is 12.3 Å². The molecule has 1 aromatic carbocycles. The first-order valence-electron chi connectivity index (χ1n) is 4.94. The zero-order chi connectivity index (χ0) is 10.4. The van der Waals surface area contributed by atoms with Crippen LogP contribution in [-0.4, -0.2) is 6.54 Å². The van der Waals surface area contributed by atoms with Crippen molar-refractivity contribution in [1.29, 1.82) is 0 Å². The summed E-state index contributed by atoms with van der Waals surface area (Å²) in [5.74, 6) is 2.61. The van der Waals surface area contributed by atoms with Gasteiger partial charge >= 0.3 is 0 Å². The zero-order valence-electron chi connectivity index (χ0n) is 8.93. The van der Waals surface area contributed by atoms with Crippen LogP contribution in [0.2, 0.25) is 0 Å². The molecule has 0 aliphatic heterocycles. The van der Waals surface area contributed by atoms with E-state index in [-0.39, 0.29) is 0 Å². The molecule has 0 amide bonds. The largest absolute Gasteiger partial charge is 0.312 e. The maximum atomic E-state index is 5.16. The van der Waals surface area contributed by atoms with Crippen molar-refractivity contribution in [2.45, 2.75) is 26.8 Å². The molecule has 0 aliphatic rings. The molecule has 0 aliphatic carbocycles. The Bertz CT molecular complexity index is 334. The second-order valence-electron chi connectivity index (χ2n) is 3.55. The van der Waals surface area contributed by atoms with Gasteiger partial charge in [-0.2, -0.15) is 0 Å². The highest BCUT2D eigenvalue weighted by molar-refractivity contribution is 5.29. The van der Waals surface area contributed by atoms with Gasteiger partial charge in [-0.05, 0) is 30.5 Å². The van der Waals surface area contributed by atoms with Crippen LogP contribution in [0.1, 0.15) is 23.1 Å². The second kappa shape index (κ2) is 5.47. The predicted molar refractivity (Wildman–Crippen MR) is 61.1 cm³/mol. The van der Waals surface area contributed by atoms with Gasteiger partial charge in [0.05, 0.1) is 0 Å². The van der Waals surface area contributed by atoms with Gasteiger partial charge in [0.15, 0.2) is 0 Å². The number of benzene rings is 1. The van der Waals surface area contributed by atoms with E-state index in [1.807, 2.05) is 0 Å². The molecule has 0 spiro atoms. The van der Waals surface area contributed by atoms with Crippen molar-refractivity contribution in [2.75, 3.05) is 6.54 Å². The molecule has 0 fully saturated rings. The first kappa shape index (κ1) is 10.8. The van der Waals surface area contributed by atoms with Crippen molar-refractivity contribution >= 4 is 0 Å². The summed E-state index contributed by atoms with van der Waals surface area (Å²) in [5, 5.41) is 3.31. The molecule has 0 unspecified atom stereocenters. The molecule has 1 nitrogen and oxygen atoms in total. The SMILES string of the molecule is C#CCCNCc1ccc(C)c(C)c1. The smallest absolute Gasteiger partial charge is 0.0212 e. The van der Waals surface area contributed by atoms with Gasteiger partial charge in [0.1, 0.15) is 0 Å². The molecule has 0 saturated heterocycles. The van der Waals surface area contributed by atoms with Gasteiger partial charge in [-0.25, -0.2) is 0 Å². The summed E-state index contributed by atoms with van der Waals surface area (Å²) in [7, 11) is 0. The molecular formula is C13H17N. The maximum absolute atomic E-state index is 5.16. The topological polar surface area (TPSA) is 12.0 Å². The predicted octanol–water partition coefficient (Wildman–Crippen LogP) is 2.42. The number of hydrogen-bond donors (Lipinski definition) is 1. The molecular weight excluding hydrogens is 170 g/mol. The number of nitrogens with one attached hydrogen (secondary N) is 1. The monoisotopic (exact) mass is 187 g/mol. The van der Waals surface area contributed by atoms with Crippen molar-refractivity contribution in [3.05, 3.63) is 34.9 Å². The van der Waals surface area contributed by atoms with E-state index in [0.29, 0.717) is 0 Å². The van der Waals surface area contributed by atoms with Crippen LogP contribution in [0.3, 0.4) is 0 Å². The van der Waals surface area contributed by atoms with Crippen LogP contribution in [0, 0.1) is 26.2 Å². The van der Waals surface area contributed by atoms with E-state index >= 15 is 0 Å². The Hall–Kier alpha value is -1.26. The summed E-state index contributed by atoms with van der Waals surface area (Å²) in [5.41, 5.74) is 4.02. The van der Waals surface area contributed by atoms with E-state index < -0.39 is 0 Å². The number of aryl methyl sites for hydroxylation is 2. The first-order chi connectivity index (χ1) is 6.74. The van der Waals surface area contributed by atoms with E-state index in [1.165, 1.54) is 16.7 Å². The lowest BCUT2D eigenvalue weighted by Gasteiger charge is -2.05. The minimum Gasteiger partial charge on any atom is -0.312 e. The second-order valence-corrected chi connectivity index (χ2v) is 3.55. The Labute approximate surface area is 86.5 Å². The van der Waals surface area contributed by atoms with Crippen LogP contribution in [0.15, 0.2) is 18.2 Å². The Morgan fingerprint density at radius 2 is 2.07 bits per heavy atom. The molecule has 14 heavy (non-hydrogen) atoms. The third-order valence-electron chi connectivity index (χ3n) is 2.35. The first-order valence-corrected chi connectivity index (χ1v) is 4.94. The van der Waals surface area contributed by atoms with Crippen molar-refractivity contribution in [1.82, 2.24) is 5.32 Å². The Morgan fingerprint density at radius 3 is 2.71 bits per heavy atom. The quantitative estimate of drug-likeness (QED) is 0.564. The van der Waals surface area contributed by atoms with Crippen LogP contribution in [0.4, 0.5) is 0 Å². The normalized spacial score (nSPS) is 9.79. The van der Waals surface area contributed by atoms with Gasteiger partial charge in [-0.15, -0.1) is 12.3 Å². The molecule has 1 rings (SSSR count). The Kier molecular flexibility index (Phi) is 4.22. The maximum Gasteiger partial charge on any atom is 0.0212 e. The average molecular weight is 187 g/mol. The van der Waals surface area contributed by atoms with Gasteiger partial charge in [-0.1, -0.05) is 18.2 Å². The van der Waals surface area contributed by atoms with Crippen LogP contribution in [0.25, 0.3) is 0 Å². The van der Waals surface area contributed by atoms with E-state index in [0.717, 1.165) is 19.5 Å². The van der Waals surface area contributed by atoms with Crippen molar-refractivity contribution < 1.29 is 0 Å². The third kappa shape index (κ3) is 3.24. The summed E-state index contributed by atoms with van der Waals surface area (Å²) in [6, 6.07) is 6.54. The average Bonchev–Trinajstić information content (AvgIpc) is 2.18. The summed E-state index contributed by atoms with van der Waals surface area (Å²) in [6.07, 6.45) is 5.96. The van der Waals surface area contributed by atoms with Crippen molar-refractivity contribution in [3.63, 3.8) is 0 Å². The van der Waals surface area contributed by atoms with E-state index in [9.17, 15) is 0 Å². The fourth-order valence-corrected chi connectivity index (χ4v) is 1.31. The number of rotatable bonds is 4. The molecule has 1 heteroatoms. The standard InChI is InChI=1S/C13H17N/c1-4-5-8-14-10-13-7-6-11(2)12(3)9-13/h1,6-7,9,14H,5,8,10H2,2-3H3. The molecule has 74 valence electrons. The lowest BCUT2D eigenvalue weighted by atomic mass is 10.1. The van der Waals surface area contributed by atoms with Gasteiger partial charge in [0, 0.05) is 19.5 Å². The zero-order valence-corrected chi connectivity index (χ0v) is 8.93. The highest BCUT2D eigenvalue weighted by Crippen LogP contribution is 2.09. The van der Waals surface area contributed by atoms with Gasteiger partial charge in [0.2, 0.25) is 0 Å². The Morgan fingerprint density at radius 1 is 1.29 bits per heavy atom. The molecule has 1 N–H and O–H groups in total. The summed E-state index contributed by atoms with van der Waals surface area (Å²) in [4.78, 5) is 0. The molecule has 1 aromatic rings. The highest BCUT2D eigenvalue weighted by atomic mass is 14.8. The molecule has 0 heterocycles. The lowest BCUT2D eigenvalue weighted by molar-refractivity contribution is 0.701. The molecule has 0 radical (unpaired) electrons. The molecule has 0 aromatic heterocycles. The molecule has 0 bridgehead atoms. The fraction of sp³-hybridized carbons (Fsp3) is 0.385. The van der Waals surface area contributed by atoms with Crippen LogP contribution in [0.5, 0.6) is 0 Å². The minimum absolute atomic E-state index is 0.796. The number of terminal acetylenes is 1. The summed E-state index contributed by atoms with van der Waals surface area (Å²) < 4.78 is 0. The molecule has 0 atom stereocenters. The molecule has 0 saturated carbocycles. The summed E-state index contributed by atoms with van der Waals surface area (Å²) >= 11 is 0. The highest BCUT2D eigenvalue weighted by Gasteiger charge is 1.95. The van der Waals surface area contributed by atoms with E-state index in [4.69, 9.17) is 6.42 Å². The van der Waals surface area contributed by atoms with Gasteiger partial charge in [-0.3, -0.25) is 0 Å². The van der Waals surface area contributed by atoms with E-state index in [2.05, 4.69) is 43.3 Å². The van der Waals surface area contributed by atoms with Gasteiger partial charge in [0.25, 0.3) is 0 Å². The van der Waals surface area contributed by atoms with Crippen molar-refractivity contribution in [2.24, 2.45) is 0 Å². The lowest BCUT2D eigenvalue weighted by Crippen LogP contribution is -2.14. The van der Waals surface area contributed by atoms with Gasteiger partial charge < -0.3 is 5.32 Å².